The SMILES string of the molecule is [Br-].[Br-].[Ca+2].[SeH2]. The molecule has 0 aromatic rings. The first-order valence-electron chi connectivity index (χ1n) is 0. The van der Waals surface area contributed by atoms with Crippen molar-refractivity contribution in [2.75, 3.05) is 0 Å². The van der Waals surface area contributed by atoms with Gasteiger partial charge in [0.1, 0.15) is 0 Å². The molecular formula is H2Br2CaSe. The Morgan fingerprint density at radius 2 is 0.750 bits per heavy atom. The first-order valence-corrected chi connectivity index (χ1v) is 0. The van der Waals surface area contributed by atoms with E-state index in [0.29, 0.717) is 0 Å². The molecule has 0 unspecified atom stereocenters. The zero-order chi connectivity index (χ0) is 0. The summed E-state index contributed by atoms with van der Waals surface area (Å²) in [4.78, 5) is 0. The minimum atomic E-state index is 0. The molecule has 0 heterocycles. The Morgan fingerprint density at radius 3 is 0.750 bits per heavy atom. The molecule has 4 heavy (non-hydrogen) atoms. The number of hydrogen-bond acceptors (Lipinski definition) is 0. The van der Waals surface area contributed by atoms with Gasteiger partial charge >= 0.3 is 54.8 Å². The van der Waals surface area contributed by atoms with Gasteiger partial charge in [-0.1, -0.05) is 0 Å². The molecular weight excluding hydrogens is 279 g/mol. The second-order valence-electron chi connectivity index (χ2n) is 0. The molecule has 24 valence electrons. The number of rotatable bonds is 0. The van der Waals surface area contributed by atoms with E-state index >= 15 is 0 Å². The van der Waals surface area contributed by atoms with Crippen LogP contribution >= 0.6 is 0 Å². The molecule has 0 aromatic carbocycles. The first kappa shape index (κ1) is 29.6. The predicted molar refractivity (Wildman–Crippen MR) is 14.3 cm³/mol. The topological polar surface area (TPSA) is 0 Å². The van der Waals surface area contributed by atoms with Crippen molar-refractivity contribution in [3.8, 4) is 0 Å². The van der Waals surface area contributed by atoms with Gasteiger partial charge in [-0.15, -0.1) is 0 Å². The van der Waals surface area contributed by atoms with Crippen LogP contribution < -0.4 is 34.0 Å². The predicted octanol–water partition coefficient (Wildman–Crippen LogP) is -7.29. The van der Waals surface area contributed by atoms with Crippen LogP contribution in [0.2, 0.25) is 0 Å². The van der Waals surface area contributed by atoms with Crippen LogP contribution in [0.3, 0.4) is 0 Å². The molecule has 0 bridgehead atoms. The molecule has 0 radical (unpaired) electrons. The van der Waals surface area contributed by atoms with Crippen LogP contribution in [0, 0.1) is 0 Å². The summed E-state index contributed by atoms with van der Waals surface area (Å²) in [6.07, 6.45) is 0. The van der Waals surface area contributed by atoms with Crippen molar-refractivity contribution >= 4 is 54.8 Å². The van der Waals surface area contributed by atoms with E-state index in [-0.39, 0.29) is 88.8 Å². The fourth-order valence-corrected chi connectivity index (χ4v) is 0. The van der Waals surface area contributed by atoms with Crippen LogP contribution in [-0.4, -0.2) is 54.8 Å². The molecule has 0 saturated carbocycles. The van der Waals surface area contributed by atoms with E-state index in [4.69, 9.17) is 0 Å². The number of halogens is 2. The van der Waals surface area contributed by atoms with Crippen molar-refractivity contribution in [1.82, 2.24) is 0 Å². The molecule has 0 aliphatic heterocycles. The fourth-order valence-electron chi connectivity index (χ4n) is 0. The average Bonchev–Trinajstić information content (AvgIpc) is 0. The van der Waals surface area contributed by atoms with Crippen LogP contribution in [0.25, 0.3) is 0 Å². The third kappa shape index (κ3) is 8.83. The fraction of sp³-hybridized carbons (Fsp3) is 0. The molecule has 0 amide bonds. The molecule has 0 N–H and O–H groups in total. The zero-order valence-electron chi connectivity index (χ0n) is 1.96. The monoisotopic (exact) mass is 280 g/mol. The van der Waals surface area contributed by atoms with Crippen molar-refractivity contribution in [2.45, 2.75) is 0 Å². The van der Waals surface area contributed by atoms with Crippen LogP contribution in [0.1, 0.15) is 0 Å². The summed E-state index contributed by atoms with van der Waals surface area (Å²) in [7, 11) is 0. The summed E-state index contributed by atoms with van der Waals surface area (Å²) < 4.78 is 0. The van der Waals surface area contributed by atoms with Crippen LogP contribution in [-0.2, 0) is 0 Å². The summed E-state index contributed by atoms with van der Waals surface area (Å²) in [6.45, 7) is 0. The van der Waals surface area contributed by atoms with Crippen LogP contribution in [0.5, 0.6) is 0 Å². The third-order valence-electron chi connectivity index (χ3n) is 0. The Bertz CT molecular complexity index is 6.00. The summed E-state index contributed by atoms with van der Waals surface area (Å²) >= 11 is 0. The van der Waals surface area contributed by atoms with Gasteiger partial charge in [0.25, 0.3) is 0 Å². The number of hydrogen-bond donors (Lipinski definition) is 0. The minimum absolute atomic E-state index is 0. The van der Waals surface area contributed by atoms with E-state index in [1.54, 1.807) is 0 Å². The molecule has 0 rings (SSSR count). The molecule has 0 saturated heterocycles. The van der Waals surface area contributed by atoms with E-state index in [2.05, 4.69) is 0 Å². The van der Waals surface area contributed by atoms with Crippen molar-refractivity contribution in [2.24, 2.45) is 0 Å². The summed E-state index contributed by atoms with van der Waals surface area (Å²) in [6, 6.07) is 0. The second kappa shape index (κ2) is 17.2. The Labute approximate surface area is 87.1 Å². The standard InChI is InChI=1S/2BrH.Ca.H2Se/h2*1H;;1H2/q;;+2;/p-2. The van der Waals surface area contributed by atoms with Gasteiger partial charge in [0.05, 0.1) is 0 Å². The quantitative estimate of drug-likeness (QED) is 0.387. The van der Waals surface area contributed by atoms with E-state index in [1.807, 2.05) is 0 Å². The molecule has 0 aliphatic rings. The molecule has 0 spiro atoms. The van der Waals surface area contributed by atoms with Gasteiger partial charge in [-0.25, -0.2) is 0 Å². The van der Waals surface area contributed by atoms with E-state index in [1.165, 1.54) is 0 Å². The maximum absolute atomic E-state index is 0. The normalized spacial score (nSPS) is 0. The summed E-state index contributed by atoms with van der Waals surface area (Å²) in [5.41, 5.74) is 0. The molecule has 0 atom stereocenters. The van der Waals surface area contributed by atoms with E-state index in [0.717, 1.165) is 0 Å². The van der Waals surface area contributed by atoms with Crippen molar-refractivity contribution in [3.63, 3.8) is 0 Å². The van der Waals surface area contributed by atoms with Gasteiger partial charge < -0.3 is 34.0 Å². The van der Waals surface area contributed by atoms with Gasteiger partial charge in [-0.2, -0.15) is 0 Å². The van der Waals surface area contributed by atoms with Crippen molar-refractivity contribution in [1.29, 1.82) is 0 Å². The average molecular weight is 281 g/mol. The van der Waals surface area contributed by atoms with Crippen molar-refractivity contribution in [3.05, 3.63) is 0 Å². The molecule has 0 nitrogen and oxygen atoms in total. The Kier molecular flexibility index (Phi) is 127. The second-order valence-corrected chi connectivity index (χ2v) is 0. The van der Waals surface area contributed by atoms with E-state index in [9.17, 15) is 0 Å². The Hall–Kier alpha value is 2.74. The third-order valence-corrected chi connectivity index (χ3v) is 0. The van der Waals surface area contributed by atoms with Crippen LogP contribution in [0.15, 0.2) is 0 Å². The Balaban J connectivity index is 0. The van der Waals surface area contributed by atoms with E-state index < -0.39 is 0 Å². The first-order chi connectivity index (χ1) is 0. The van der Waals surface area contributed by atoms with Gasteiger partial charge in [0.2, 0.25) is 0 Å². The maximum atomic E-state index is 0. The molecule has 0 aliphatic carbocycles. The zero-order valence-corrected chi connectivity index (χ0v) is 9.44. The Morgan fingerprint density at radius 1 is 0.750 bits per heavy atom. The van der Waals surface area contributed by atoms with Crippen LogP contribution in [0.4, 0.5) is 0 Å². The van der Waals surface area contributed by atoms with Gasteiger partial charge in [0, 0.05) is 0 Å². The van der Waals surface area contributed by atoms with Gasteiger partial charge in [0.15, 0.2) is 0 Å². The van der Waals surface area contributed by atoms with Gasteiger partial charge in [-0.3, -0.25) is 0 Å². The van der Waals surface area contributed by atoms with Gasteiger partial charge in [-0.05, 0) is 0 Å². The molecule has 0 aromatic heterocycles. The summed E-state index contributed by atoms with van der Waals surface area (Å²) in [5, 5.41) is 0. The molecule has 0 fully saturated rings. The molecule has 4 heteroatoms. The van der Waals surface area contributed by atoms with Crippen molar-refractivity contribution < 1.29 is 34.0 Å². The summed E-state index contributed by atoms with van der Waals surface area (Å²) in [5.74, 6) is 0.